The summed E-state index contributed by atoms with van der Waals surface area (Å²) in [6.07, 6.45) is 4.48. The van der Waals surface area contributed by atoms with E-state index in [4.69, 9.17) is 17.3 Å². The van der Waals surface area contributed by atoms with Gasteiger partial charge in [0.25, 0.3) is 0 Å². The molecule has 0 atom stereocenters. The number of benzene rings is 2. The van der Waals surface area contributed by atoms with Crippen LogP contribution < -0.4 is 10.6 Å². The Morgan fingerprint density at radius 3 is 2.67 bits per heavy atom. The van der Waals surface area contributed by atoms with Crippen LogP contribution in [-0.2, 0) is 4.79 Å². The summed E-state index contributed by atoms with van der Waals surface area (Å²) in [4.78, 5) is 28.7. The van der Waals surface area contributed by atoms with Crippen LogP contribution in [0.25, 0.3) is 32.2 Å². The molecular weight excluding hydrogens is 506 g/mol. The molecule has 2 aliphatic rings. The van der Waals surface area contributed by atoms with E-state index in [9.17, 15) is 9.18 Å². The van der Waals surface area contributed by atoms with Crippen molar-refractivity contribution in [3.63, 3.8) is 0 Å². The Morgan fingerprint density at radius 2 is 1.94 bits per heavy atom. The molecular formula is C25H21ClF2N6OS. The SMILES string of the molecule is C=CC(=O)N1CC2(CCN(c3ncnc4c(F)c(-c5ccc(F)c6sc(N)nc56)c(Cl)cc34)CC2)C1. The van der Waals surface area contributed by atoms with Crippen molar-refractivity contribution in [2.45, 2.75) is 12.8 Å². The number of nitrogens with zero attached hydrogens (tertiary/aromatic N) is 5. The standard InChI is InChI=1S/C25H21ClF2N6OS/c1-2-17(35)34-10-25(11-34)5-7-33(8-6-25)23-14-9-15(26)18(19(28)20(14)30-12-31-23)13-3-4-16(27)22-21(13)32-24(29)36-22/h2-4,9,12H,1,5-8,10-11H2,(H2,29,32). The average molecular weight is 527 g/mol. The first kappa shape index (κ1) is 23.1. The zero-order chi connectivity index (χ0) is 25.2. The summed E-state index contributed by atoms with van der Waals surface area (Å²) in [5.74, 6) is -0.518. The largest absolute Gasteiger partial charge is 0.375 e. The first-order valence-corrected chi connectivity index (χ1v) is 12.6. The molecule has 2 aromatic carbocycles. The van der Waals surface area contributed by atoms with Crippen LogP contribution in [0.15, 0.2) is 37.2 Å². The minimum atomic E-state index is -0.619. The Morgan fingerprint density at radius 1 is 1.19 bits per heavy atom. The van der Waals surface area contributed by atoms with Crippen molar-refractivity contribution < 1.29 is 13.6 Å². The number of halogens is 3. The van der Waals surface area contributed by atoms with Gasteiger partial charge in [-0.3, -0.25) is 4.79 Å². The van der Waals surface area contributed by atoms with Crippen molar-refractivity contribution >= 4 is 60.9 Å². The number of carbonyl (C=O) groups excluding carboxylic acids is 1. The van der Waals surface area contributed by atoms with Crippen LogP contribution >= 0.6 is 22.9 Å². The number of thiazole rings is 1. The van der Waals surface area contributed by atoms with Crippen LogP contribution in [0.5, 0.6) is 0 Å². The Balaban J connectivity index is 1.35. The maximum atomic E-state index is 15.9. The highest BCUT2D eigenvalue weighted by Gasteiger charge is 2.46. The van der Waals surface area contributed by atoms with Crippen molar-refractivity contribution in [1.29, 1.82) is 0 Å². The Hall–Kier alpha value is -3.37. The van der Waals surface area contributed by atoms with Crippen LogP contribution in [-0.4, -0.2) is 51.9 Å². The second kappa shape index (κ2) is 8.35. The molecule has 36 heavy (non-hydrogen) atoms. The van der Waals surface area contributed by atoms with Crippen LogP contribution in [0.4, 0.5) is 19.7 Å². The van der Waals surface area contributed by atoms with Gasteiger partial charge in [0.05, 0.1) is 15.2 Å². The molecule has 0 saturated carbocycles. The van der Waals surface area contributed by atoms with Gasteiger partial charge >= 0.3 is 0 Å². The van der Waals surface area contributed by atoms with Crippen LogP contribution in [0.3, 0.4) is 0 Å². The van der Waals surface area contributed by atoms with Gasteiger partial charge in [-0.15, -0.1) is 0 Å². The Labute approximate surface area is 214 Å². The molecule has 1 amide bonds. The summed E-state index contributed by atoms with van der Waals surface area (Å²) >= 11 is 7.63. The van der Waals surface area contributed by atoms with Gasteiger partial charge in [0.2, 0.25) is 5.91 Å². The summed E-state index contributed by atoms with van der Waals surface area (Å²) in [6.45, 7) is 6.46. The maximum Gasteiger partial charge on any atom is 0.245 e. The van der Waals surface area contributed by atoms with E-state index in [-0.39, 0.29) is 42.8 Å². The van der Waals surface area contributed by atoms with Crippen LogP contribution in [0.1, 0.15) is 12.8 Å². The molecule has 6 rings (SSSR count). The molecule has 2 N–H and O–H groups in total. The Kier molecular flexibility index (Phi) is 5.34. The van der Waals surface area contributed by atoms with Gasteiger partial charge < -0.3 is 15.5 Å². The molecule has 2 fully saturated rings. The first-order chi connectivity index (χ1) is 17.3. The van der Waals surface area contributed by atoms with Gasteiger partial charge in [0.1, 0.15) is 23.5 Å². The van der Waals surface area contributed by atoms with E-state index in [2.05, 4.69) is 26.4 Å². The first-order valence-electron chi connectivity index (χ1n) is 11.4. The number of likely N-dealkylation sites (tertiary alicyclic amines) is 1. The number of nitrogens with two attached hydrogens (primary N) is 1. The number of hydrogen-bond acceptors (Lipinski definition) is 7. The van der Waals surface area contributed by atoms with Crippen molar-refractivity contribution in [2.24, 2.45) is 5.41 Å². The highest BCUT2D eigenvalue weighted by atomic mass is 35.5. The number of piperidine rings is 1. The molecule has 2 saturated heterocycles. The summed E-state index contributed by atoms with van der Waals surface area (Å²) < 4.78 is 30.5. The quantitative estimate of drug-likeness (QED) is 0.376. The minimum Gasteiger partial charge on any atom is -0.375 e. The molecule has 2 aromatic heterocycles. The van der Waals surface area contributed by atoms with E-state index in [1.165, 1.54) is 24.5 Å². The van der Waals surface area contributed by atoms with E-state index in [1.807, 2.05) is 4.90 Å². The fourth-order valence-corrected chi connectivity index (χ4v) is 6.42. The van der Waals surface area contributed by atoms with Crippen LogP contribution in [0, 0.1) is 17.0 Å². The minimum absolute atomic E-state index is 0.0375. The lowest BCUT2D eigenvalue weighted by atomic mass is 9.72. The van der Waals surface area contributed by atoms with Crippen molar-refractivity contribution in [2.75, 3.05) is 36.8 Å². The van der Waals surface area contributed by atoms with Gasteiger partial charge in [-0.1, -0.05) is 29.5 Å². The number of carbonyl (C=O) groups is 1. The molecule has 0 unspecified atom stereocenters. The monoisotopic (exact) mass is 526 g/mol. The molecule has 11 heteroatoms. The zero-order valence-corrected chi connectivity index (χ0v) is 20.7. The topological polar surface area (TPSA) is 88.2 Å². The fourth-order valence-electron chi connectivity index (χ4n) is 5.37. The second-order valence-corrected chi connectivity index (χ2v) is 10.8. The molecule has 0 bridgehead atoms. The normalized spacial score (nSPS) is 17.1. The van der Waals surface area contributed by atoms with Crippen LogP contribution in [0.2, 0.25) is 5.02 Å². The fraction of sp³-hybridized carbons (Fsp3) is 0.280. The lowest BCUT2D eigenvalue weighted by Gasteiger charge is -2.54. The third-order valence-corrected chi connectivity index (χ3v) is 8.44. The number of rotatable bonds is 3. The molecule has 0 radical (unpaired) electrons. The molecule has 1 spiro atoms. The predicted molar refractivity (Wildman–Crippen MR) is 138 cm³/mol. The third kappa shape index (κ3) is 3.50. The summed E-state index contributed by atoms with van der Waals surface area (Å²) in [6, 6.07) is 4.38. The zero-order valence-electron chi connectivity index (χ0n) is 19.1. The molecule has 7 nitrogen and oxygen atoms in total. The number of amides is 1. The molecule has 0 aliphatic carbocycles. The van der Waals surface area contributed by atoms with E-state index in [0.29, 0.717) is 16.8 Å². The number of fused-ring (bicyclic) bond motifs is 2. The van der Waals surface area contributed by atoms with Gasteiger partial charge in [-0.05, 0) is 37.1 Å². The van der Waals surface area contributed by atoms with Crippen molar-refractivity contribution in [3.8, 4) is 11.1 Å². The van der Waals surface area contributed by atoms with Gasteiger partial charge in [-0.25, -0.2) is 23.7 Å². The summed E-state index contributed by atoms with van der Waals surface area (Å²) in [5, 5.41) is 0.846. The van der Waals surface area contributed by atoms with E-state index >= 15 is 4.39 Å². The number of aromatic nitrogens is 3. The van der Waals surface area contributed by atoms with E-state index in [1.54, 1.807) is 6.07 Å². The van der Waals surface area contributed by atoms with Gasteiger partial charge in [0.15, 0.2) is 10.9 Å². The number of nitrogen functional groups attached to an aromatic ring is 1. The van der Waals surface area contributed by atoms with Gasteiger partial charge in [-0.2, -0.15) is 0 Å². The van der Waals surface area contributed by atoms with E-state index < -0.39 is 11.6 Å². The highest BCUT2D eigenvalue weighted by molar-refractivity contribution is 7.22. The van der Waals surface area contributed by atoms with Crippen molar-refractivity contribution in [3.05, 3.63) is 53.8 Å². The number of anilines is 2. The Bertz CT molecular complexity index is 1560. The highest BCUT2D eigenvalue weighted by Crippen LogP contribution is 2.44. The summed E-state index contributed by atoms with van der Waals surface area (Å²) in [7, 11) is 0. The van der Waals surface area contributed by atoms with Crippen molar-refractivity contribution in [1.82, 2.24) is 19.9 Å². The van der Waals surface area contributed by atoms with E-state index in [0.717, 1.165) is 50.4 Å². The lowest BCUT2D eigenvalue weighted by Crippen LogP contribution is -2.61. The third-order valence-electron chi connectivity index (χ3n) is 7.24. The maximum absolute atomic E-state index is 15.9. The summed E-state index contributed by atoms with van der Waals surface area (Å²) in [5.41, 5.74) is 6.76. The molecule has 4 aromatic rings. The molecule has 2 aliphatic heterocycles. The molecule has 4 heterocycles. The smallest absolute Gasteiger partial charge is 0.245 e. The molecule has 184 valence electrons. The number of hydrogen-bond donors (Lipinski definition) is 1. The lowest BCUT2D eigenvalue weighted by molar-refractivity contribution is -0.139. The van der Waals surface area contributed by atoms with Gasteiger partial charge in [0, 0.05) is 48.1 Å². The second-order valence-electron chi connectivity index (χ2n) is 9.35. The predicted octanol–water partition coefficient (Wildman–Crippen LogP) is 5.04. The average Bonchev–Trinajstić information content (AvgIpc) is 3.25.